The van der Waals surface area contributed by atoms with Crippen molar-refractivity contribution >= 4 is 7.28 Å². The van der Waals surface area contributed by atoms with E-state index in [1.165, 1.54) is 0 Å². The Morgan fingerprint density at radius 3 is 1.00 bits per heavy atom. The maximum Gasteiger partial charge on any atom is 0.102 e. The summed E-state index contributed by atoms with van der Waals surface area (Å²) in [6.07, 6.45) is 0. The van der Waals surface area contributed by atoms with Crippen molar-refractivity contribution < 1.29 is 0 Å². The van der Waals surface area contributed by atoms with Gasteiger partial charge in [-0.2, -0.15) is 0 Å². The molecule has 0 aliphatic carbocycles. The molecule has 0 aromatic carbocycles. The summed E-state index contributed by atoms with van der Waals surface area (Å²) < 4.78 is 0. The summed E-state index contributed by atoms with van der Waals surface area (Å²) in [6.45, 7) is 8.00. The van der Waals surface area contributed by atoms with Crippen molar-refractivity contribution in [1.29, 1.82) is 0 Å². The first kappa shape index (κ1) is 8.91. The lowest BCUT2D eigenvalue weighted by atomic mass is 9.88. The van der Waals surface area contributed by atoms with Crippen molar-refractivity contribution in [3.63, 3.8) is 0 Å². The predicted octanol–water partition coefficient (Wildman–Crippen LogP) is 1.81. The van der Waals surface area contributed by atoms with Gasteiger partial charge in [0.05, 0.1) is 0 Å². The minimum Gasteiger partial charge on any atom is -0.0922 e. The third-order valence-electron chi connectivity index (χ3n) is 0. The quantitative estimate of drug-likeness (QED) is 0.382. The van der Waals surface area contributed by atoms with Gasteiger partial charge in [-0.15, -0.1) is 0 Å². The second-order valence-electron chi connectivity index (χ2n) is 0.577. The third kappa shape index (κ3) is 4110. The van der Waals surface area contributed by atoms with Crippen LogP contribution in [0.1, 0.15) is 13.8 Å². The average Bonchev–Trinajstić information content (AvgIpc) is 1.46. The van der Waals surface area contributed by atoms with E-state index in [1.807, 2.05) is 34.8 Å². The van der Waals surface area contributed by atoms with Crippen LogP contribution in [-0.4, -0.2) is 7.28 Å². The Bertz CT molecular complexity index is 3.61. The van der Waals surface area contributed by atoms with Gasteiger partial charge in [0.2, 0.25) is 0 Å². The summed E-state index contributed by atoms with van der Waals surface area (Å²) in [5, 5.41) is 0. The van der Waals surface area contributed by atoms with Crippen LogP contribution in [0.15, 0.2) is 0 Å². The summed E-state index contributed by atoms with van der Waals surface area (Å²) >= 11 is 0. The van der Waals surface area contributed by atoms with E-state index in [2.05, 4.69) is 0 Å². The van der Waals surface area contributed by atoms with Gasteiger partial charge in [0.1, 0.15) is 7.28 Å². The monoisotopic (exact) mass is 71.1 g/mol. The van der Waals surface area contributed by atoms with Crippen LogP contribution in [0.2, 0.25) is 13.6 Å². The molecular weight excluding hydrogens is 58.9 g/mol. The molecule has 0 rings (SSSR count). The minimum atomic E-state index is 2.00. The van der Waals surface area contributed by atoms with E-state index in [0.717, 1.165) is 0 Å². The zero-order valence-corrected chi connectivity index (χ0v) is 4.58. The van der Waals surface area contributed by atoms with Crippen molar-refractivity contribution in [2.75, 3.05) is 0 Å². The van der Waals surface area contributed by atoms with E-state index >= 15 is 0 Å². The highest BCUT2D eigenvalue weighted by molar-refractivity contribution is 6.31. The van der Waals surface area contributed by atoms with Gasteiger partial charge in [-0.25, -0.2) is 0 Å². The lowest BCUT2D eigenvalue weighted by Gasteiger charge is -1.41. The van der Waals surface area contributed by atoms with Crippen molar-refractivity contribution in [1.82, 2.24) is 0 Å². The van der Waals surface area contributed by atoms with Gasteiger partial charge in [-0.1, -0.05) is 27.5 Å². The Kier molecular flexibility index (Phi) is 60.0. The van der Waals surface area contributed by atoms with Crippen LogP contribution in [-0.2, 0) is 0 Å². The summed E-state index contributed by atoms with van der Waals surface area (Å²) in [4.78, 5) is 0. The number of rotatable bonds is 0. The fourth-order valence-electron chi connectivity index (χ4n) is 0. The van der Waals surface area contributed by atoms with Crippen LogP contribution in [0.3, 0.4) is 0 Å². The molecule has 0 aliphatic heterocycles. The molecule has 5 heavy (non-hydrogen) atoms. The van der Waals surface area contributed by atoms with E-state index in [1.54, 1.807) is 0 Å². The molecule has 0 amide bonds. The second kappa shape index (κ2) is 33.7. The van der Waals surface area contributed by atoms with Crippen LogP contribution in [0.25, 0.3) is 0 Å². The maximum atomic E-state index is 2.00. The topological polar surface area (TPSA) is 0 Å². The molecule has 31 valence electrons. The molecular formula is C4H12B. The lowest BCUT2D eigenvalue weighted by Crippen LogP contribution is -1.53. The first-order valence-corrected chi connectivity index (χ1v) is 2.15. The summed E-state index contributed by atoms with van der Waals surface area (Å²) in [5.41, 5.74) is 0. The fourth-order valence-corrected chi connectivity index (χ4v) is 0. The van der Waals surface area contributed by atoms with Gasteiger partial charge in [-0.3, -0.25) is 0 Å². The molecule has 0 aromatic rings. The molecule has 0 atom stereocenters. The molecule has 0 unspecified atom stereocenters. The van der Waals surface area contributed by atoms with E-state index in [4.69, 9.17) is 0 Å². The van der Waals surface area contributed by atoms with Crippen molar-refractivity contribution in [2.24, 2.45) is 0 Å². The predicted molar refractivity (Wildman–Crippen MR) is 28.8 cm³/mol. The highest BCUT2D eigenvalue weighted by atomic mass is 13.0. The minimum absolute atomic E-state index is 2.00. The van der Waals surface area contributed by atoms with E-state index in [0.29, 0.717) is 0 Å². The molecule has 0 aromatic heterocycles. The third-order valence-corrected chi connectivity index (χ3v) is 0. The SMILES string of the molecule is CC.C[B]C. The van der Waals surface area contributed by atoms with Gasteiger partial charge < -0.3 is 0 Å². The Labute approximate surface area is 35.8 Å². The Morgan fingerprint density at radius 2 is 1.00 bits per heavy atom. The molecule has 1 radical (unpaired) electrons. The molecule has 0 N–H and O–H groups in total. The van der Waals surface area contributed by atoms with Crippen molar-refractivity contribution in [3.05, 3.63) is 0 Å². The number of hydrogen-bond acceptors (Lipinski definition) is 0. The van der Waals surface area contributed by atoms with E-state index in [9.17, 15) is 0 Å². The first-order valence-electron chi connectivity index (χ1n) is 2.15. The summed E-state index contributed by atoms with van der Waals surface area (Å²) in [5.74, 6) is 0. The van der Waals surface area contributed by atoms with Gasteiger partial charge in [0, 0.05) is 0 Å². The molecule has 0 fully saturated rings. The summed E-state index contributed by atoms with van der Waals surface area (Å²) in [6, 6.07) is 0. The largest absolute Gasteiger partial charge is 0.102 e. The standard InChI is InChI=1S/C2H6B.C2H6/c1-3-2;1-2/h1-2H3;1-2H3. The molecule has 0 saturated carbocycles. The molecule has 0 bridgehead atoms. The molecule has 0 nitrogen and oxygen atoms in total. The molecule has 0 aliphatic rings. The summed E-state index contributed by atoms with van der Waals surface area (Å²) in [7, 11) is 2.00. The lowest BCUT2D eigenvalue weighted by molar-refractivity contribution is 1.50. The zero-order chi connectivity index (χ0) is 4.71. The van der Waals surface area contributed by atoms with Gasteiger partial charge in [-0.05, 0) is 0 Å². The molecule has 0 spiro atoms. The van der Waals surface area contributed by atoms with Gasteiger partial charge in [0.25, 0.3) is 0 Å². The fraction of sp³-hybridized carbons (Fsp3) is 1.00. The molecule has 0 heterocycles. The zero-order valence-electron chi connectivity index (χ0n) is 4.58. The number of hydrogen-bond donors (Lipinski definition) is 0. The maximum absolute atomic E-state index is 2.00. The van der Waals surface area contributed by atoms with Crippen LogP contribution in [0, 0.1) is 0 Å². The van der Waals surface area contributed by atoms with Gasteiger partial charge >= 0.3 is 0 Å². The molecule has 1 heteroatoms. The van der Waals surface area contributed by atoms with Crippen LogP contribution in [0.5, 0.6) is 0 Å². The first-order chi connectivity index (χ1) is 2.41. The van der Waals surface area contributed by atoms with Gasteiger partial charge in [0.15, 0.2) is 0 Å². The molecule has 0 saturated heterocycles. The Hall–Kier alpha value is 0.0649. The Morgan fingerprint density at radius 1 is 1.00 bits per heavy atom. The van der Waals surface area contributed by atoms with Crippen LogP contribution >= 0.6 is 0 Å². The normalized spacial score (nSPS) is 4.00. The second-order valence-corrected chi connectivity index (χ2v) is 0.577. The van der Waals surface area contributed by atoms with Crippen LogP contribution < -0.4 is 0 Å². The highest BCUT2D eigenvalue weighted by Crippen LogP contribution is 1.36. The van der Waals surface area contributed by atoms with E-state index < -0.39 is 0 Å². The van der Waals surface area contributed by atoms with Crippen molar-refractivity contribution in [3.8, 4) is 0 Å². The van der Waals surface area contributed by atoms with Crippen molar-refractivity contribution in [2.45, 2.75) is 27.5 Å². The average molecular weight is 71.0 g/mol. The van der Waals surface area contributed by atoms with E-state index in [-0.39, 0.29) is 0 Å². The smallest absolute Gasteiger partial charge is 0.0922 e. The highest BCUT2D eigenvalue weighted by Gasteiger charge is 1.42. The van der Waals surface area contributed by atoms with Crippen LogP contribution in [0.4, 0.5) is 0 Å². The Balaban J connectivity index is 0.